The summed E-state index contributed by atoms with van der Waals surface area (Å²) >= 11 is 3.48. The summed E-state index contributed by atoms with van der Waals surface area (Å²) in [5.74, 6) is 0. The quantitative estimate of drug-likeness (QED) is 0.783. The second-order valence-corrected chi connectivity index (χ2v) is 4.75. The van der Waals surface area contributed by atoms with Crippen molar-refractivity contribution in [2.45, 2.75) is 6.04 Å². The van der Waals surface area contributed by atoms with Gasteiger partial charge in [-0.3, -0.25) is 4.99 Å². The van der Waals surface area contributed by atoms with Gasteiger partial charge in [0.05, 0.1) is 5.71 Å². The largest absolute Gasteiger partial charge is 0.272 e. The van der Waals surface area contributed by atoms with Crippen LogP contribution in [0.15, 0.2) is 64.1 Å². The maximum Gasteiger partial charge on any atom is 0.118 e. The molecule has 0 saturated heterocycles. The Labute approximate surface area is 103 Å². The minimum absolute atomic E-state index is 0.274. The standard InChI is InChI=1S/C14H10BrN/c15-12-8-4-7-11(9-12)14-13(16-14)10-5-2-1-3-6-10/h1-9,13H/t13-/m1/s1. The van der Waals surface area contributed by atoms with Gasteiger partial charge in [-0.1, -0.05) is 58.4 Å². The molecule has 1 nitrogen and oxygen atoms in total. The van der Waals surface area contributed by atoms with Gasteiger partial charge in [0.15, 0.2) is 0 Å². The van der Waals surface area contributed by atoms with Crippen LogP contribution in [0, 0.1) is 0 Å². The summed E-state index contributed by atoms with van der Waals surface area (Å²) in [6, 6.07) is 19.0. The molecule has 1 atom stereocenters. The summed E-state index contributed by atoms with van der Waals surface area (Å²) in [4.78, 5) is 4.53. The fourth-order valence-electron chi connectivity index (χ4n) is 1.85. The average molecular weight is 272 g/mol. The summed E-state index contributed by atoms with van der Waals surface area (Å²) < 4.78 is 1.10. The van der Waals surface area contributed by atoms with Crippen LogP contribution in [0.2, 0.25) is 0 Å². The monoisotopic (exact) mass is 271 g/mol. The van der Waals surface area contributed by atoms with E-state index in [9.17, 15) is 0 Å². The second-order valence-electron chi connectivity index (χ2n) is 3.84. The summed E-state index contributed by atoms with van der Waals surface area (Å²) in [6.45, 7) is 0. The van der Waals surface area contributed by atoms with E-state index in [1.54, 1.807) is 0 Å². The Morgan fingerprint density at radius 2 is 1.75 bits per heavy atom. The smallest absolute Gasteiger partial charge is 0.118 e. The zero-order chi connectivity index (χ0) is 11.0. The van der Waals surface area contributed by atoms with Crippen LogP contribution < -0.4 is 0 Å². The predicted octanol–water partition coefficient (Wildman–Crippen LogP) is 3.99. The molecule has 2 aromatic rings. The third-order valence-electron chi connectivity index (χ3n) is 2.70. The highest BCUT2D eigenvalue weighted by molar-refractivity contribution is 9.10. The highest BCUT2D eigenvalue weighted by Gasteiger charge is 2.30. The van der Waals surface area contributed by atoms with Crippen LogP contribution >= 0.6 is 15.9 Å². The van der Waals surface area contributed by atoms with Crippen molar-refractivity contribution < 1.29 is 0 Å². The van der Waals surface area contributed by atoms with Crippen LogP contribution in [-0.2, 0) is 0 Å². The Morgan fingerprint density at radius 3 is 2.50 bits per heavy atom. The van der Waals surface area contributed by atoms with E-state index in [-0.39, 0.29) is 6.04 Å². The minimum Gasteiger partial charge on any atom is -0.272 e. The van der Waals surface area contributed by atoms with Crippen LogP contribution in [-0.4, -0.2) is 5.71 Å². The highest BCUT2D eigenvalue weighted by atomic mass is 79.9. The van der Waals surface area contributed by atoms with E-state index in [1.165, 1.54) is 16.8 Å². The molecule has 0 N–H and O–H groups in total. The third-order valence-corrected chi connectivity index (χ3v) is 3.19. The van der Waals surface area contributed by atoms with E-state index in [4.69, 9.17) is 0 Å². The van der Waals surface area contributed by atoms with Crippen LogP contribution in [0.3, 0.4) is 0 Å². The van der Waals surface area contributed by atoms with E-state index in [2.05, 4.69) is 57.3 Å². The Hall–Kier alpha value is -1.41. The molecule has 0 aliphatic carbocycles. The molecule has 0 radical (unpaired) electrons. The average Bonchev–Trinajstić information content (AvgIpc) is 3.10. The van der Waals surface area contributed by atoms with Crippen molar-refractivity contribution in [2.75, 3.05) is 0 Å². The summed E-state index contributed by atoms with van der Waals surface area (Å²) in [6.07, 6.45) is 0. The van der Waals surface area contributed by atoms with Gasteiger partial charge < -0.3 is 0 Å². The molecule has 1 heterocycles. The van der Waals surface area contributed by atoms with Crippen molar-refractivity contribution in [3.8, 4) is 0 Å². The Balaban J connectivity index is 1.84. The molecule has 0 amide bonds. The van der Waals surface area contributed by atoms with Crippen LogP contribution in [0.25, 0.3) is 0 Å². The molecule has 78 valence electrons. The maximum absolute atomic E-state index is 4.53. The first kappa shape index (κ1) is 9.79. The molecule has 16 heavy (non-hydrogen) atoms. The first-order valence-corrected chi connectivity index (χ1v) is 6.02. The van der Waals surface area contributed by atoms with Gasteiger partial charge in [-0.15, -0.1) is 0 Å². The summed E-state index contributed by atoms with van der Waals surface area (Å²) in [7, 11) is 0. The maximum atomic E-state index is 4.53. The van der Waals surface area contributed by atoms with E-state index in [0.29, 0.717) is 0 Å². The number of aliphatic imine (C=N–C) groups is 1. The number of rotatable bonds is 2. The van der Waals surface area contributed by atoms with Gasteiger partial charge in [0, 0.05) is 4.47 Å². The van der Waals surface area contributed by atoms with Gasteiger partial charge in [0.1, 0.15) is 6.04 Å². The molecule has 0 fully saturated rings. The molecule has 2 aromatic carbocycles. The van der Waals surface area contributed by atoms with Crippen LogP contribution in [0.1, 0.15) is 17.2 Å². The Morgan fingerprint density at radius 1 is 0.938 bits per heavy atom. The molecule has 0 bridgehead atoms. The van der Waals surface area contributed by atoms with Crippen LogP contribution in [0.4, 0.5) is 0 Å². The molecular formula is C14H10BrN. The fraction of sp³-hybridized carbons (Fsp3) is 0.0714. The highest BCUT2D eigenvalue weighted by Crippen LogP contribution is 2.35. The zero-order valence-electron chi connectivity index (χ0n) is 8.60. The van der Waals surface area contributed by atoms with Gasteiger partial charge in [0.2, 0.25) is 0 Å². The van der Waals surface area contributed by atoms with Crippen molar-refractivity contribution in [2.24, 2.45) is 4.99 Å². The van der Waals surface area contributed by atoms with Gasteiger partial charge in [-0.05, 0) is 23.3 Å². The number of hydrogen-bond acceptors (Lipinski definition) is 1. The molecule has 2 heteroatoms. The SMILES string of the molecule is Brc1cccc(C2=N[C@@H]2c2ccccc2)c1. The normalized spacial score (nSPS) is 18.1. The number of nitrogens with zero attached hydrogens (tertiary/aromatic N) is 1. The molecule has 0 spiro atoms. The van der Waals surface area contributed by atoms with Crippen molar-refractivity contribution in [3.63, 3.8) is 0 Å². The lowest BCUT2D eigenvalue weighted by Crippen LogP contribution is -1.92. The van der Waals surface area contributed by atoms with Crippen molar-refractivity contribution >= 4 is 21.6 Å². The van der Waals surface area contributed by atoms with E-state index in [1.807, 2.05) is 18.2 Å². The lowest BCUT2D eigenvalue weighted by atomic mass is 10.0. The molecule has 1 aliphatic heterocycles. The Bertz CT molecular complexity index is 546. The first-order chi connectivity index (χ1) is 7.84. The fourth-order valence-corrected chi connectivity index (χ4v) is 2.25. The molecule has 0 saturated carbocycles. The minimum atomic E-state index is 0.274. The molecule has 3 rings (SSSR count). The lowest BCUT2D eigenvalue weighted by molar-refractivity contribution is 1.13. The van der Waals surface area contributed by atoms with Gasteiger partial charge >= 0.3 is 0 Å². The molecule has 0 aromatic heterocycles. The second kappa shape index (κ2) is 3.87. The third kappa shape index (κ3) is 1.81. The van der Waals surface area contributed by atoms with Gasteiger partial charge in [0.25, 0.3) is 0 Å². The van der Waals surface area contributed by atoms with Crippen molar-refractivity contribution in [1.82, 2.24) is 0 Å². The zero-order valence-corrected chi connectivity index (χ0v) is 10.2. The Kier molecular flexibility index (Phi) is 2.37. The van der Waals surface area contributed by atoms with E-state index >= 15 is 0 Å². The summed E-state index contributed by atoms with van der Waals surface area (Å²) in [5, 5.41) is 0. The first-order valence-electron chi connectivity index (χ1n) is 5.23. The number of halogens is 1. The molecular weight excluding hydrogens is 262 g/mol. The molecule has 1 aliphatic rings. The number of hydrogen-bond donors (Lipinski definition) is 0. The van der Waals surface area contributed by atoms with Crippen molar-refractivity contribution in [3.05, 3.63) is 70.2 Å². The van der Waals surface area contributed by atoms with Crippen molar-refractivity contribution in [1.29, 1.82) is 0 Å². The van der Waals surface area contributed by atoms with Gasteiger partial charge in [-0.2, -0.15) is 0 Å². The number of benzene rings is 2. The van der Waals surface area contributed by atoms with E-state index in [0.717, 1.165) is 4.47 Å². The lowest BCUT2D eigenvalue weighted by Gasteiger charge is -1.98. The predicted molar refractivity (Wildman–Crippen MR) is 69.9 cm³/mol. The van der Waals surface area contributed by atoms with E-state index < -0.39 is 0 Å². The molecule has 0 unspecified atom stereocenters. The van der Waals surface area contributed by atoms with Crippen LogP contribution in [0.5, 0.6) is 0 Å². The van der Waals surface area contributed by atoms with Gasteiger partial charge in [-0.25, -0.2) is 0 Å². The topological polar surface area (TPSA) is 12.4 Å². The summed E-state index contributed by atoms with van der Waals surface area (Å²) in [5.41, 5.74) is 3.67.